The second-order valence-corrected chi connectivity index (χ2v) is 9.99. The van der Waals surface area contributed by atoms with Crippen LogP contribution in [0.1, 0.15) is 39.5 Å². The van der Waals surface area contributed by atoms with Gasteiger partial charge in [-0.2, -0.15) is 8.42 Å². The van der Waals surface area contributed by atoms with Crippen molar-refractivity contribution < 1.29 is 27.3 Å². The van der Waals surface area contributed by atoms with Crippen LogP contribution in [0.3, 0.4) is 0 Å². The smallest absolute Gasteiger partial charge is 0.303 e. The van der Waals surface area contributed by atoms with E-state index in [9.17, 15) is 17.8 Å². The van der Waals surface area contributed by atoms with Crippen LogP contribution >= 0.6 is 0 Å². The molecule has 2 aromatic rings. The van der Waals surface area contributed by atoms with Crippen LogP contribution in [0.15, 0.2) is 51.8 Å². The van der Waals surface area contributed by atoms with E-state index in [2.05, 4.69) is 10.3 Å². The van der Waals surface area contributed by atoms with Crippen LogP contribution in [-0.2, 0) is 14.9 Å². The summed E-state index contributed by atoms with van der Waals surface area (Å²) in [5.74, 6) is -0.527. The summed E-state index contributed by atoms with van der Waals surface area (Å²) in [7, 11) is -4.56. The number of aromatic nitrogens is 1. The van der Waals surface area contributed by atoms with E-state index in [4.69, 9.17) is 9.52 Å². The quantitative estimate of drug-likeness (QED) is 0.0947. The molecule has 3 N–H and O–H groups in total. The maximum absolute atomic E-state index is 12.3. The fourth-order valence-corrected chi connectivity index (χ4v) is 5.09. The molecule has 2 aliphatic rings. The van der Waals surface area contributed by atoms with Gasteiger partial charge >= 0.3 is 5.97 Å². The van der Waals surface area contributed by atoms with E-state index in [0.29, 0.717) is 42.5 Å². The lowest BCUT2D eigenvalue weighted by molar-refractivity contribution is -0.137. The second kappa shape index (κ2) is 10.6. The number of nitrogens with zero attached hydrogens (tertiary/aromatic N) is 2. The zero-order chi connectivity index (χ0) is 25.9. The number of fused-ring (bicyclic) bond motifs is 4. The summed E-state index contributed by atoms with van der Waals surface area (Å²) in [5, 5.41) is 14.5. The molecule has 0 saturated carbocycles. The molecule has 0 aromatic heterocycles. The average Bonchev–Trinajstić information content (AvgIpc) is 2.84. The molecule has 0 spiro atoms. The highest BCUT2D eigenvalue weighted by Gasteiger charge is 2.25. The Labute approximate surface area is 209 Å². The summed E-state index contributed by atoms with van der Waals surface area (Å²) in [6.45, 7) is 5.89. The van der Waals surface area contributed by atoms with E-state index in [0.717, 1.165) is 29.3 Å². The van der Waals surface area contributed by atoms with Gasteiger partial charge in [-0.05, 0) is 26.7 Å². The Morgan fingerprint density at radius 2 is 1.78 bits per heavy atom. The molecule has 9 nitrogen and oxygen atoms in total. The number of unbranched alkanes of at least 4 members (excludes halogenated alkanes) is 2. The van der Waals surface area contributed by atoms with Gasteiger partial charge in [0, 0.05) is 41.6 Å². The fourth-order valence-electron chi connectivity index (χ4n) is 4.43. The molecule has 36 heavy (non-hydrogen) atoms. The SMILES string of the molecule is CC[N+](CC)=c1cc2oc3cc(NCCCCCC(=O)O)c4ccccc4c3nc-2c(S(=O)(=O)O)c1. The second-order valence-electron chi connectivity index (χ2n) is 8.60. The van der Waals surface area contributed by atoms with Crippen molar-refractivity contribution >= 4 is 43.6 Å². The topological polar surface area (TPSA) is 133 Å². The number of carbonyl (C=O) groups is 1. The third-order valence-electron chi connectivity index (χ3n) is 6.24. The van der Waals surface area contributed by atoms with E-state index in [1.165, 1.54) is 6.07 Å². The molecule has 10 heteroatoms. The Balaban J connectivity index is 1.86. The molecular weight excluding hydrogens is 482 g/mol. The first kappa shape index (κ1) is 25.6. The monoisotopic (exact) mass is 512 g/mol. The standard InChI is InChI=1S/C26H29N3O6S/c1-3-29(4-2)17-14-21-26(23(15-17)36(32,33)34)28-25-19-11-8-7-10-18(19)20(16-22(25)35-21)27-13-9-5-6-12-24(30)31/h7-8,10-11,14-16H,3-6,9,12-13H2,1-2H3,(H2,30,31,32,33,34)/p+1. The summed E-state index contributed by atoms with van der Waals surface area (Å²) >= 11 is 0. The number of rotatable bonds is 10. The number of benzene rings is 3. The van der Waals surface area contributed by atoms with Crippen molar-refractivity contribution in [3.8, 4) is 11.5 Å². The molecule has 0 unspecified atom stereocenters. The van der Waals surface area contributed by atoms with Crippen LogP contribution in [0, 0.1) is 0 Å². The molecule has 0 radical (unpaired) electrons. The van der Waals surface area contributed by atoms with Crippen molar-refractivity contribution in [1.82, 2.24) is 9.56 Å². The van der Waals surface area contributed by atoms with Gasteiger partial charge in [-0.3, -0.25) is 9.35 Å². The summed E-state index contributed by atoms with van der Waals surface area (Å²) in [5.41, 5.74) is 1.89. The van der Waals surface area contributed by atoms with E-state index >= 15 is 0 Å². The van der Waals surface area contributed by atoms with Crippen LogP contribution in [-0.4, -0.2) is 48.7 Å². The van der Waals surface area contributed by atoms with Crippen LogP contribution in [0.4, 0.5) is 5.69 Å². The summed E-state index contributed by atoms with van der Waals surface area (Å²) in [6.07, 6.45) is 2.41. The van der Waals surface area contributed by atoms with Crippen molar-refractivity contribution in [3.63, 3.8) is 0 Å². The van der Waals surface area contributed by atoms with Gasteiger partial charge in [-0.15, -0.1) is 0 Å². The van der Waals surface area contributed by atoms with E-state index < -0.39 is 16.1 Å². The highest BCUT2D eigenvalue weighted by atomic mass is 32.2. The highest BCUT2D eigenvalue weighted by Crippen LogP contribution is 2.36. The number of carboxylic acid groups (broad SMARTS) is 1. The molecule has 1 aliphatic heterocycles. The lowest BCUT2D eigenvalue weighted by Crippen LogP contribution is -2.30. The lowest BCUT2D eigenvalue weighted by atomic mass is 10.1. The number of carboxylic acids is 1. The van der Waals surface area contributed by atoms with Gasteiger partial charge in [0.25, 0.3) is 10.1 Å². The zero-order valence-electron chi connectivity index (χ0n) is 20.3. The Kier molecular flexibility index (Phi) is 7.56. The van der Waals surface area contributed by atoms with Crippen LogP contribution in [0.2, 0.25) is 0 Å². The van der Waals surface area contributed by atoms with Crippen molar-refractivity contribution in [2.75, 3.05) is 25.0 Å². The average molecular weight is 513 g/mol. The number of hydrogen-bond acceptors (Lipinski definition) is 6. The first-order valence-corrected chi connectivity index (χ1v) is 13.5. The minimum atomic E-state index is -4.56. The molecule has 2 aromatic carbocycles. The van der Waals surface area contributed by atoms with Gasteiger partial charge in [0.1, 0.15) is 29.2 Å². The number of aliphatic carboxylic acids is 1. The van der Waals surface area contributed by atoms with E-state index in [-0.39, 0.29) is 22.8 Å². The Hall–Kier alpha value is -3.50. The lowest BCUT2D eigenvalue weighted by Gasteiger charge is -2.14. The van der Waals surface area contributed by atoms with Crippen molar-refractivity contribution in [2.24, 2.45) is 0 Å². The molecule has 1 heterocycles. The normalized spacial score (nSPS) is 11.9. The maximum Gasteiger partial charge on any atom is 0.303 e. The van der Waals surface area contributed by atoms with Crippen LogP contribution in [0.25, 0.3) is 33.3 Å². The van der Waals surface area contributed by atoms with Crippen LogP contribution < -0.4 is 15.2 Å². The van der Waals surface area contributed by atoms with Gasteiger partial charge in [0.05, 0.1) is 6.07 Å². The van der Waals surface area contributed by atoms with Gasteiger partial charge in [0.2, 0.25) is 5.36 Å². The van der Waals surface area contributed by atoms with Gasteiger partial charge in [-0.25, -0.2) is 9.56 Å². The predicted octanol–water partition coefficient (Wildman–Crippen LogP) is 4.20. The number of hydrogen-bond donors (Lipinski definition) is 3. The number of anilines is 1. The number of nitrogens with one attached hydrogen (secondary N) is 1. The minimum absolute atomic E-state index is 0.0743. The van der Waals surface area contributed by atoms with Crippen molar-refractivity contribution in [2.45, 2.75) is 44.4 Å². The Bertz CT molecular complexity index is 1570. The molecule has 0 bridgehead atoms. The maximum atomic E-state index is 12.3. The Morgan fingerprint density at radius 1 is 1.06 bits per heavy atom. The molecular formula is C26H30N3O6S+. The first-order valence-electron chi connectivity index (χ1n) is 12.0. The van der Waals surface area contributed by atoms with E-state index in [1.54, 1.807) is 6.07 Å². The summed E-state index contributed by atoms with van der Waals surface area (Å²) < 4.78 is 42.8. The van der Waals surface area contributed by atoms with Crippen LogP contribution in [0.5, 0.6) is 0 Å². The third kappa shape index (κ3) is 5.34. The molecule has 190 valence electrons. The highest BCUT2D eigenvalue weighted by molar-refractivity contribution is 7.86. The summed E-state index contributed by atoms with van der Waals surface area (Å²) in [6, 6.07) is 12.6. The van der Waals surface area contributed by atoms with Gasteiger partial charge < -0.3 is 14.8 Å². The largest absolute Gasteiger partial charge is 0.481 e. The van der Waals surface area contributed by atoms with Crippen molar-refractivity contribution in [3.05, 3.63) is 47.8 Å². The third-order valence-corrected chi connectivity index (χ3v) is 7.11. The molecule has 0 fully saturated rings. The summed E-state index contributed by atoms with van der Waals surface area (Å²) in [4.78, 5) is 15.1. The van der Waals surface area contributed by atoms with Gasteiger partial charge in [0.15, 0.2) is 11.3 Å². The van der Waals surface area contributed by atoms with Crippen molar-refractivity contribution in [1.29, 1.82) is 0 Å². The zero-order valence-corrected chi connectivity index (χ0v) is 21.1. The molecule has 4 rings (SSSR count). The van der Waals surface area contributed by atoms with E-state index in [1.807, 2.05) is 48.8 Å². The predicted molar refractivity (Wildman–Crippen MR) is 139 cm³/mol. The molecule has 0 saturated heterocycles. The fraction of sp³-hybridized carbons (Fsp3) is 0.346. The van der Waals surface area contributed by atoms with Gasteiger partial charge in [-0.1, -0.05) is 30.7 Å². The molecule has 1 aliphatic carbocycles. The molecule has 0 atom stereocenters. The first-order chi connectivity index (χ1) is 17.2. The Morgan fingerprint density at radius 3 is 2.44 bits per heavy atom. The minimum Gasteiger partial charge on any atom is -0.481 e. The molecule has 0 amide bonds.